The van der Waals surface area contributed by atoms with Crippen LogP contribution in [0.25, 0.3) is 0 Å². The zero-order valence-electron chi connectivity index (χ0n) is 15.1. The van der Waals surface area contributed by atoms with E-state index < -0.39 is 0 Å². The Labute approximate surface area is 150 Å². The largest absolute Gasteiger partial charge is 0.396 e. The third-order valence-corrected chi connectivity index (χ3v) is 6.78. The molecule has 1 amide bonds. The van der Waals surface area contributed by atoms with Gasteiger partial charge in [-0.2, -0.15) is 0 Å². The van der Waals surface area contributed by atoms with Crippen molar-refractivity contribution in [3.05, 3.63) is 35.9 Å². The van der Waals surface area contributed by atoms with E-state index in [0.29, 0.717) is 11.8 Å². The summed E-state index contributed by atoms with van der Waals surface area (Å²) < 4.78 is 0. The number of nitrogens with zero attached hydrogens (tertiary/aromatic N) is 2. The number of amides is 1. The Morgan fingerprint density at radius 1 is 1.16 bits per heavy atom. The molecule has 4 rings (SSSR count). The van der Waals surface area contributed by atoms with Crippen molar-refractivity contribution in [2.24, 2.45) is 17.3 Å². The summed E-state index contributed by atoms with van der Waals surface area (Å²) in [7, 11) is 0. The fraction of sp³-hybridized carbons (Fsp3) is 0.667. The zero-order chi connectivity index (χ0) is 17.3. The lowest BCUT2D eigenvalue weighted by Gasteiger charge is -2.43. The number of aliphatic hydroxyl groups excluding tert-OH is 1. The van der Waals surface area contributed by atoms with Crippen LogP contribution in [-0.4, -0.2) is 53.6 Å². The number of carbonyl (C=O) groups is 1. The molecule has 2 atom stereocenters. The van der Waals surface area contributed by atoms with Crippen LogP contribution >= 0.6 is 0 Å². The Morgan fingerprint density at radius 2 is 1.92 bits per heavy atom. The van der Waals surface area contributed by atoms with Crippen LogP contribution in [0.3, 0.4) is 0 Å². The fourth-order valence-electron chi connectivity index (χ4n) is 5.25. The number of aliphatic hydroxyl groups is 1. The Morgan fingerprint density at radius 3 is 2.64 bits per heavy atom. The number of rotatable bonds is 4. The molecule has 1 aromatic rings. The summed E-state index contributed by atoms with van der Waals surface area (Å²) in [6, 6.07) is 10.6. The number of fused-ring (bicyclic) bond motifs is 1. The summed E-state index contributed by atoms with van der Waals surface area (Å²) in [5, 5.41) is 10.1. The number of benzene rings is 1. The lowest BCUT2D eigenvalue weighted by Crippen LogP contribution is -2.51. The molecule has 2 aliphatic heterocycles. The summed E-state index contributed by atoms with van der Waals surface area (Å²) >= 11 is 0. The van der Waals surface area contributed by atoms with E-state index in [2.05, 4.69) is 40.1 Å². The van der Waals surface area contributed by atoms with Crippen molar-refractivity contribution in [1.29, 1.82) is 0 Å². The normalized spacial score (nSPS) is 30.6. The summed E-state index contributed by atoms with van der Waals surface area (Å²) in [6.45, 7) is 4.79. The van der Waals surface area contributed by atoms with E-state index in [-0.39, 0.29) is 17.9 Å². The van der Waals surface area contributed by atoms with Crippen LogP contribution in [0.4, 0.5) is 0 Å². The number of hydrogen-bond donors (Lipinski definition) is 1. The third kappa shape index (κ3) is 3.34. The first-order valence-electron chi connectivity index (χ1n) is 9.86. The maximum atomic E-state index is 12.8. The average Bonchev–Trinajstić information content (AvgIpc) is 3.29. The standard InChI is InChI=1S/C21H30N2O2/c24-16-21-10-11-23(20(25)18-8-4-5-9-18)14-19(21)13-22(15-21)12-17-6-2-1-3-7-17/h1-3,6-7,18-19,24H,4-5,8-16H2/t19-,21-/m0/s1. The zero-order valence-corrected chi connectivity index (χ0v) is 15.1. The van der Waals surface area contributed by atoms with Gasteiger partial charge in [0.25, 0.3) is 0 Å². The van der Waals surface area contributed by atoms with E-state index in [1.807, 2.05) is 0 Å². The molecular weight excluding hydrogens is 312 g/mol. The van der Waals surface area contributed by atoms with Crippen LogP contribution in [0.1, 0.15) is 37.7 Å². The SMILES string of the molecule is O=C(C1CCCC1)N1CC[C@@]2(CO)CN(Cc3ccccc3)C[C@H]2C1. The molecule has 1 aliphatic carbocycles. The topological polar surface area (TPSA) is 43.8 Å². The van der Waals surface area contributed by atoms with Gasteiger partial charge in [0.1, 0.15) is 0 Å². The first kappa shape index (κ1) is 17.0. The van der Waals surface area contributed by atoms with Gasteiger partial charge in [0.15, 0.2) is 0 Å². The van der Waals surface area contributed by atoms with Crippen LogP contribution in [0.2, 0.25) is 0 Å². The van der Waals surface area contributed by atoms with E-state index in [4.69, 9.17) is 0 Å². The molecule has 25 heavy (non-hydrogen) atoms. The second-order valence-electron chi connectivity index (χ2n) is 8.39. The van der Waals surface area contributed by atoms with Gasteiger partial charge in [0.2, 0.25) is 5.91 Å². The lowest BCUT2D eigenvalue weighted by molar-refractivity contribution is -0.139. The third-order valence-electron chi connectivity index (χ3n) is 6.78. The molecule has 0 bridgehead atoms. The summed E-state index contributed by atoms with van der Waals surface area (Å²) in [4.78, 5) is 17.4. The monoisotopic (exact) mass is 342 g/mol. The molecule has 2 heterocycles. The number of hydrogen-bond acceptors (Lipinski definition) is 3. The van der Waals surface area contributed by atoms with Crippen LogP contribution in [0, 0.1) is 17.3 Å². The number of likely N-dealkylation sites (tertiary alicyclic amines) is 2. The van der Waals surface area contributed by atoms with Crippen LogP contribution < -0.4 is 0 Å². The van der Waals surface area contributed by atoms with E-state index in [1.165, 1.54) is 18.4 Å². The molecule has 3 fully saturated rings. The van der Waals surface area contributed by atoms with E-state index >= 15 is 0 Å². The second-order valence-corrected chi connectivity index (χ2v) is 8.39. The molecule has 0 aromatic heterocycles. The highest BCUT2D eigenvalue weighted by Crippen LogP contribution is 2.43. The smallest absolute Gasteiger partial charge is 0.225 e. The maximum Gasteiger partial charge on any atom is 0.225 e. The van der Waals surface area contributed by atoms with Crippen molar-refractivity contribution < 1.29 is 9.90 Å². The van der Waals surface area contributed by atoms with Crippen molar-refractivity contribution in [1.82, 2.24) is 9.80 Å². The van der Waals surface area contributed by atoms with Gasteiger partial charge in [-0.05, 0) is 30.7 Å². The van der Waals surface area contributed by atoms with Gasteiger partial charge in [-0.25, -0.2) is 0 Å². The Bertz CT molecular complexity index is 599. The minimum atomic E-state index is -0.0127. The predicted molar refractivity (Wildman–Crippen MR) is 97.9 cm³/mol. The van der Waals surface area contributed by atoms with Crippen LogP contribution in [-0.2, 0) is 11.3 Å². The van der Waals surface area contributed by atoms with Gasteiger partial charge in [0.05, 0.1) is 6.61 Å². The predicted octanol–water partition coefficient (Wildman–Crippen LogP) is 2.52. The Kier molecular flexibility index (Phi) is 4.83. The van der Waals surface area contributed by atoms with Crippen LogP contribution in [0.15, 0.2) is 30.3 Å². The van der Waals surface area contributed by atoms with Gasteiger partial charge in [-0.1, -0.05) is 43.2 Å². The van der Waals surface area contributed by atoms with Crippen molar-refractivity contribution in [3.63, 3.8) is 0 Å². The number of piperidine rings is 1. The highest BCUT2D eigenvalue weighted by atomic mass is 16.3. The first-order valence-corrected chi connectivity index (χ1v) is 9.86. The molecule has 136 valence electrons. The maximum absolute atomic E-state index is 12.8. The molecule has 4 heteroatoms. The molecule has 0 spiro atoms. The summed E-state index contributed by atoms with van der Waals surface area (Å²) in [5.41, 5.74) is 1.31. The van der Waals surface area contributed by atoms with Crippen LogP contribution in [0.5, 0.6) is 0 Å². The molecule has 0 radical (unpaired) electrons. The molecule has 2 saturated heterocycles. The van der Waals surface area contributed by atoms with Gasteiger partial charge in [0, 0.05) is 44.1 Å². The van der Waals surface area contributed by atoms with E-state index in [9.17, 15) is 9.90 Å². The number of carbonyl (C=O) groups excluding carboxylic acids is 1. The van der Waals surface area contributed by atoms with Gasteiger partial charge in [-0.3, -0.25) is 9.69 Å². The van der Waals surface area contributed by atoms with Crippen molar-refractivity contribution in [3.8, 4) is 0 Å². The van der Waals surface area contributed by atoms with Crippen molar-refractivity contribution >= 4 is 5.91 Å². The highest BCUT2D eigenvalue weighted by Gasteiger charge is 2.50. The Balaban J connectivity index is 1.42. The minimum absolute atomic E-state index is 0.0127. The minimum Gasteiger partial charge on any atom is -0.396 e. The fourth-order valence-corrected chi connectivity index (χ4v) is 5.25. The highest BCUT2D eigenvalue weighted by molar-refractivity contribution is 5.79. The molecule has 1 saturated carbocycles. The second kappa shape index (κ2) is 7.08. The molecule has 3 aliphatic rings. The molecular formula is C21H30N2O2. The first-order chi connectivity index (χ1) is 12.2. The van der Waals surface area contributed by atoms with E-state index in [1.54, 1.807) is 0 Å². The Hall–Kier alpha value is -1.39. The van der Waals surface area contributed by atoms with Crippen molar-refractivity contribution in [2.45, 2.75) is 38.6 Å². The molecule has 1 N–H and O–H groups in total. The lowest BCUT2D eigenvalue weighted by atomic mass is 9.73. The van der Waals surface area contributed by atoms with E-state index in [0.717, 1.165) is 52.0 Å². The van der Waals surface area contributed by atoms with Crippen molar-refractivity contribution in [2.75, 3.05) is 32.8 Å². The quantitative estimate of drug-likeness (QED) is 0.914. The summed E-state index contributed by atoms with van der Waals surface area (Å²) in [6.07, 6.45) is 5.51. The molecule has 1 aromatic carbocycles. The van der Waals surface area contributed by atoms with Gasteiger partial charge < -0.3 is 10.0 Å². The average molecular weight is 342 g/mol. The van der Waals surface area contributed by atoms with Gasteiger partial charge in [-0.15, -0.1) is 0 Å². The molecule has 0 unspecified atom stereocenters. The summed E-state index contributed by atoms with van der Waals surface area (Å²) in [5.74, 6) is 1.05. The molecule has 4 nitrogen and oxygen atoms in total. The van der Waals surface area contributed by atoms with Gasteiger partial charge >= 0.3 is 0 Å².